The molecule has 186 valence electrons. The summed E-state index contributed by atoms with van der Waals surface area (Å²) >= 11 is 0. The van der Waals surface area contributed by atoms with E-state index in [2.05, 4.69) is 0 Å². The maximum absolute atomic E-state index is 13.6. The number of halogens is 3. The number of carbonyl (C=O) groups is 1. The highest BCUT2D eigenvalue weighted by molar-refractivity contribution is 7.91. The first-order valence-electron chi connectivity index (χ1n) is 11.4. The van der Waals surface area contributed by atoms with Crippen LogP contribution in [0.4, 0.5) is 13.2 Å². The number of nitrogens with zero attached hydrogens (tertiary/aromatic N) is 1. The van der Waals surface area contributed by atoms with Crippen molar-refractivity contribution >= 4 is 26.5 Å². The molecule has 1 saturated heterocycles. The summed E-state index contributed by atoms with van der Waals surface area (Å²) in [6.07, 6.45) is 2.33. The molecule has 9 heteroatoms. The van der Waals surface area contributed by atoms with E-state index in [0.29, 0.717) is 39.7 Å². The normalized spacial score (nSPS) is 17.1. The van der Waals surface area contributed by atoms with E-state index in [-0.39, 0.29) is 35.4 Å². The predicted octanol–water partition coefficient (Wildman–Crippen LogP) is 6.05. The number of sulfone groups is 1. The molecule has 1 aromatic heterocycles. The smallest absolute Gasteiger partial charge is 0.387 e. The Morgan fingerprint density at radius 1 is 1.03 bits per heavy atom. The fourth-order valence-electron chi connectivity index (χ4n) is 4.73. The first-order chi connectivity index (χ1) is 17.2. The van der Waals surface area contributed by atoms with E-state index < -0.39 is 22.3 Å². The van der Waals surface area contributed by atoms with Crippen LogP contribution in [0.15, 0.2) is 72.9 Å². The molecular weight excluding hydrogens is 491 g/mol. The van der Waals surface area contributed by atoms with Crippen LogP contribution in [-0.4, -0.2) is 36.9 Å². The van der Waals surface area contributed by atoms with Crippen molar-refractivity contribution in [1.29, 1.82) is 0 Å². The van der Waals surface area contributed by atoms with Crippen molar-refractivity contribution in [3.63, 3.8) is 0 Å². The SMILES string of the molecule is O=C(CC1CCS(=O)(=O)C1)c1ccc2c(-c3ccccc3OC(F)F)cn(-c3ccc(F)cc3)c2c1. The van der Waals surface area contributed by atoms with Gasteiger partial charge >= 0.3 is 6.61 Å². The Labute approximate surface area is 206 Å². The molecule has 1 fully saturated rings. The molecule has 0 saturated carbocycles. The number of fused-ring (bicyclic) bond motifs is 1. The number of para-hydroxylation sites is 1. The van der Waals surface area contributed by atoms with Crippen molar-refractivity contribution in [2.45, 2.75) is 19.5 Å². The molecule has 1 unspecified atom stereocenters. The average molecular weight is 514 g/mol. The Kier molecular flexibility index (Phi) is 6.34. The Morgan fingerprint density at radius 2 is 1.78 bits per heavy atom. The van der Waals surface area contributed by atoms with Crippen molar-refractivity contribution < 1.29 is 31.1 Å². The van der Waals surface area contributed by atoms with Crippen LogP contribution in [0.2, 0.25) is 0 Å². The highest BCUT2D eigenvalue weighted by Gasteiger charge is 2.30. The number of ether oxygens (including phenoxy) is 1. The van der Waals surface area contributed by atoms with Crippen molar-refractivity contribution in [2.75, 3.05) is 11.5 Å². The van der Waals surface area contributed by atoms with Gasteiger partial charge in [0.05, 0.1) is 17.0 Å². The van der Waals surface area contributed by atoms with Crippen molar-refractivity contribution in [2.24, 2.45) is 5.92 Å². The van der Waals surface area contributed by atoms with E-state index in [1.807, 2.05) is 0 Å². The summed E-state index contributed by atoms with van der Waals surface area (Å²) in [6, 6.07) is 17.3. The highest BCUT2D eigenvalue weighted by Crippen LogP contribution is 2.39. The molecule has 0 aliphatic carbocycles. The fourth-order valence-corrected chi connectivity index (χ4v) is 6.59. The lowest BCUT2D eigenvalue weighted by Gasteiger charge is -2.10. The average Bonchev–Trinajstić information content (AvgIpc) is 3.38. The van der Waals surface area contributed by atoms with Gasteiger partial charge < -0.3 is 9.30 Å². The van der Waals surface area contributed by atoms with E-state index in [0.717, 1.165) is 0 Å². The Bertz CT molecular complexity index is 1550. The summed E-state index contributed by atoms with van der Waals surface area (Å²) in [7, 11) is -3.10. The van der Waals surface area contributed by atoms with E-state index in [9.17, 15) is 26.4 Å². The molecule has 5 nitrogen and oxygen atoms in total. The Morgan fingerprint density at radius 3 is 2.47 bits per heavy atom. The zero-order valence-corrected chi connectivity index (χ0v) is 19.9. The third-order valence-electron chi connectivity index (χ3n) is 6.43. The number of hydrogen-bond donors (Lipinski definition) is 0. The molecule has 0 radical (unpaired) electrons. The standard InChI is InChI=1S/C27H22F3NO4S/c28-19-6-8-20(9-7-19)31-15-23(22-3-1-2-4-26(22)35-27(29)30)21-10-5-18(14-24(21)31)25(32)13-17-11-12-36(33,34)16-17/h1-10,14-15,17,27H,11-13,16H2. The van der Waals surface area contributed by atoms with Gasteiger partial charge in [-0.2, -0.15) is 8.78 Å². The molecule has 4 aromatic rings. The molecule has 36 heavy (non-hydrogen) atoms. The van der Waals surface area contributed by atoms with Gasteiger partial charge in [0.15, 0.2) is 15.6 Å². The second-order valence-corrected chi connectivity index (χ2v) is 11.1. The highest BCUT2D eigenvalue weighted by atomic mass is 32.2. The lowest BCUT2D eigenvalue weighted by molar-refractivity contribution is -0.0494. The van der Waals surface area contributed by atoms with Crippen LogP contribution in [0.25, 0.3) is 27.7 Å². The summed E-state index contributed by atoms with van der Waals surface area (Å²) < 4.78 is 69.8. The van der Waals surface area contributed by atoms with Gasteiger partial charge in [-0.15, -0.1) is 0 Å². The number of carbonyl (C=O) groups excluding carboxylic acids is 1. The lowest BCUT2D eigenvalue weighted by atomic mass is 9.96. The van der Waals surface area contributed by atoms with E-state index in [4.69, 9.17) is 4.74 Å². The van der Waals surface area contributed by atoms with Crippen LogP contribution in [0.5, 0.6) is 5.75 Å². The summed E-state index contributed by atoms with van der Waals surface area (Å²) in [5, 5.41) is 0.685. The van der Waals surface area contributed by atoms with Crippen LogP contribution in [0.1, 0.15) is 23.2 Å². The monoisotopic (exact) mass is 513 g/mol. The van der Waals surface area contributed by atoms with Crippen LogP contribution < -0.4 is 4.74 Å². The second kappa shape index (κ2) is 9.46. The van der Waals surface area contributed by atoms with Gasteiger partial charge in [0.2, 0.25) is 0 Å². The third kappa shape index (κ3) is 4.88. The second-order valence-electron chi connectivity index (χ2n) is 8.89. The minimum atomic E-state index is -3.10. The molecule has 5 rings (SSSR count). The summed E-state index contributed by atoms with van der Waals surface area (Å²) in [4.78, 5) is 13.0. The molecule has 0 spiro atoms. The number of hydrogen-bond acceptors (Lipinski definition) is 4. The van der Waals surface area contributed by atoms with E-state index >= 15 is 0 Å². The van der Waals surface area contributed by atoms with Crippen LogP contribution in [0, 0.1) is 11.7 Å². The van der Waals surface area contributed by atoms with Gasteiger partial charge in [0.1, 0.15) is 11.6 Å². The van der Waals surface area contributed by atoms with Gasteiger partial charge in [-0.05, 0) is 48.7 Å². The topological polar surface area (TPSA) is 65.4 Å². The third-order valence-corrected chi connectivity index (χ3v) is 8.26. The van der Waals surface area contributed by atoms with Gasteiger partial charge in [-0.1, -0.05) is 30.3 Å². The van der Waals surface area contributed by atoms with E-state index in [1.54, 1.807) is 59.3 Å². The first kappa shape index (κ1) is 24.1. The van der Waals surface area contributed by atoms with Crippen molar-refractivity contribution in [1.82, 2.24) is 4.57 Å². The van der Waals surface area contributed by atoms with Gasteiger partial charge in [0.25, 0.3) is 0 Å². The summed E-state index contributed by atoms with van der Waals surface area (Å²) in [5.74, 6) is -0.676. The molecule has 0 amide bonds. The number of alkyl halides is 2. The molecule has 0 bridgehead atoms. The largest absolute Gasteiger partial charge is 0.434 e. The number of aromatic nitrogens is 1. The minimum Gasteiger partial charge on any atom is -0.434 e. The molecule has 3 aromatic carbocycles. The molecule has 1 atom stereocenters. The molecule has 2 heterocycles. The zero-order valence-electron chi connectivity index (χ0n) is 19.0. The van der Waals surface area contributed by atoms with Crippen molar-refractivity contribution in [3.05, 3.63) is 84.3 Å². The molecule has 1 aliphatic rings. The maximum atomic E-state index is 13.6. The molecule has 1 aliphatic heterocycles. The number of benzene rings is 3. The van der Waals surface area contributed by atoms with Crippen LogP contribution in [0.3, 0.4) is 0 Å². The first-order valence-corrected chi connectivity index (χ1v) is 13.2. The molecule has 0 N–H and O–H groups in total. The van der Waals surface area contributed by atoms with E-state index in [1.165, 1.54) is 18.2 Å². The Balaban J connectivity index is 1.61. The lowest BCUT2D eigenvalue weighted by Crippen LogP contribution is -2.10. The fraction of sp³-hybridized carbons (Fsp3) is 0.222. The van der Waals surface area contributed by atoms with Gasteiger partial charge in [0, 0.05) is 40.4 Å². The van der Waals surface area contributed by atoms with Crippen molar-refractivity contribution in [3.8, 4) is 22.6 Å². The number of ketones is 1. The number of Topliss-reactive ketones (excluding diaryl/α,β-unsaturated/α-hetero) is 1. The van der Waals surface area contributed by atoms with Crippen LogP contribution >= 0.6 is 0 Å². The molecular formula is C27H22F3NO4S. The maximum Gasteiger partial charge on any atom is 0.387 e. The summed E-state index contributed by atoms with van der Waals surface area (Å²) in [5.41, 5.74) is 2.70. The minimum absolute atomic E-state index is 0.00764. The van der Waals surface area contributed by atoms with Gasteiger partial charge in [-0.25, -0.2) is 12.8 Å². The van der Waals surface area contributed by atoms with Gasteiger partial charge in [-0.3, -0.25) is 4.79 Å². The number of rotatable bonds is 7. The Hall–Kier alpha value is -3.59. The predicted molar refractivity (Wildman–Crippen MR) is 131 cm³/mol. The summed E-state index contributed by atoms with van der Waals surface area (Å²) in [6.45, 7) is -3.00. The quantitative estimate of drug-likeness (QED) is 0.283. The zero-order chi connectivity index (χ0) is 25.4. The van der Waals surface area contributed by atoms with Crippen LogP contribution in [-0.2, 0) is 9.84 Å².